The highest BCUT2D eigenvalue weighted by Crippen LogP contribution is 2.30. The van der Waals surface area contributed by atoms with E-state index in [-0.39, 0.29) is 18.7 Å². The zero-order valence-electron chi connectivity index (χ0n) is 11.7. The molecule has 0 atom stereocenters. The Kier molecular flexibility index (Phi) is 5.91. The molecule has 22 heavy (non-hydrogen) atoms. The first kappa shape index (κ1) is 16.5. The smallest absolute Gasteiger partial charge is 0.303 e. The van der Waals surface area contributed by atoms with Gasteiger partial charge in [0.25, 0.3) is 0 Å². The average molecular weight is 339 g/mol. The molecule has 0 spiro atoms. The summed E-state index contributed by atoms with van der Waals surface area (Å²) in [6.45, 7) is 0.354. The number of hydrogen-bond acceptors (Lipinski definition) is 4. The van der Waals surface area contributed by atoms with Gasteiger partial charge in [0.15, 0.2) is 0 Å². The Bertz CT molecular complexity index is 672. The van der Waals surface area contributed by atoms with Gasteiger partial charge in [-0.1, -0.05) is 29.8 Å². The zero-order valence-corrected chi connectivity index (χ0v) is 13.3. The summed E-state index contributed by atoms with van der Waals surface area (Å²) in [6, 6.07) is 7.42. The Morgan fingerprint density at radius 1 is 1.32 bits per heavy atom. The lowest BCUT2D eigenvalue weighted by Crippen LogP contribution is -2.26. The number of aliphatic carboxylic acids is 1. The maximum absolute atomic E-state index is 11.7. The third kappa shape index (κ3) is 4.82. The molecule has 1 heterocycles. The highest BCUT2D eigenvalue weighted by atomic mass is 35.5. The molecular formula is C15H15ClN2O3S. The van der Waals surface area contributed by atoms with Gasteiger partial charge in [0.05, 0.1) is 17.1 Å². The Hall–Kier alpha value is -1.92. The minimum atomic E-state index is -0.863. The minimum Gasteiger partial charge on any atom is -0.481 e. The van der Waals surface area contributed by atoms with Gasteiger partial charge in [0.2, 0.25) is 5.91 Å². The number of thiazole rings is 1. The largest absolute Gasteiger partial charge is 0.481 e. The molecule has 5 nitrogen and oxygen atoms in total. The second-order valence-corrected chi connectivity index (χ2v) is 5.91. The summed E-state index contributed by atoms with van der Waals surface area (Å²) in [4.78, 5) is 26.5. The van der Waals surface area contributed by atoms with Crippen molar-refractivity contribution in [3.63, 3.8) is 0 Å². The summed E-state index contributed by atoms with van der Waals surface area (Å²) in [5.41, 5.74) is 1.53. The second-order valence-electron chi connectivity index (χ2n) is 4.65. The topological polar surface area (TPSA) is 79.3 Å². The molecule has 1 aromatic heterocycles. The van der Waals surface area contributed by atoms with E-state index in [1.807, 2.05) is 23.6 Å². The SMILES string of the molecule is O=C(O)CCCNC(=O)Cc1csc(-c2ccccc2Cl)n1. The molecule has 0 bridgehead atoms. The maximum atomic E-state index is 11.7. The number of carboxylic acids is 1. The Balaban J connectivity index is 1.88. The van der Waals surface area contributed by atoms with Crippen LogP contribution in [0.4, 0.5) is 0 Å². The van der Waals surface area contributed by atoms with Crippen LogP contribution in [-0.2, 0) is 16.0 Å². The van der Waals surface area contributed by atoms with Crippen LogP contribution in [-0.4, -0.2) is 28.5 Å². The number of rotatable bonds is 7. The fraction of sp³-hybridized carbons (Fsp3) is 0.267. The van der Waals surface area contributed by atoms with Crippen LogP contribution in [0.1, 0.15) is 18.5 Å². The van der Waals surface area contributed by atoms with E-state index in [2.05, 4.69) is 10.3 Å². The molecule has 1 amide bonds. The standard InChI is InChI=1S/C15H15ClN2O3S/c16-12-5-2-1-4-11(12)15-18-10(9-22-15)8-13(19)17-7-3-6-14(20)21/h1-2,4-5,9H,3,6-8H2,(H,17,19)(H,20,21). The third-order valence-corrected chi connectivity index (χ3v) is 4.14. The van der Waals surface area contributed by atoms with Gasteiger partial charge < -0.3 is 10.4 Å². The normalized spacial score (nSPS) is 10.4. The van der Waals surface area contributed by atoms with E-state index in [1.165, 1.54) is 11.3 Å². The molecule has 2 rings (SSSR count). The number of nitrogens with zero attached hydrogens (tertiary/aromatic N) is 1. The van der Waals surface area contributed by atoms with Gasteiger partial charge in [-0.25, -0.2) is 4.98 Å². The van der Waals surface area contributed by atoms with Crippen molar-refractivity contribution >= 4 is 34.8 Å². The molecular weight excluding hydrogens is 324 g/mol. The third-order valence-electron chi connectivity index (χ3n) is 2.89. The molecule has 0 unspecified atom stereocenters. The molecule has 0 fully saturated rings. The Morgan fingerprint density at radius 3 is 2.82 bits per heavy atom. The minimum absolute atomic E-state index is 0.0492. The lowest BCUT2D eigenvalue weighted by atomic mass is 10.2. The molecule has 2 N–H and O–H groups in total. The van der Waals surface area contributed by atoms with Crippen LogP contribution in [0.15, 0.2) is 29.6 Å². The number of amides is 1. The first-order valence-corrected chi connectivity index (χ1v) is 8.00. The highest BCUT2D eigenvalue weighted by Gasteiger charge is 2.10. The van der Waals surface area contributed by atoms with Crippen LogP contribution >= 0.6 is 22.9 Å². The van der Waals surface area contributed by atoms with Gasteiger partial charge >= 0.3 is 5.97 Å². The number of aromatic nitrogens is 1. The fourth-order valence-electron chi connectivity index (χ4n) is 1.84. The number of carbonyl (C=O) groups excluding carboxylic acids is 1. The molecule has 2 aromatic rings. The summed E-state index contributed by atoms with van der Waals surface area (Å²) in [5, 5.41) is 14.4. The molecule has 0 radical (unpaired) electrons. The molecule has 0 aliphatic rings. The van der Waals surface area contributed by atoms with E-state index in [0.717, 1.165) is 10.6 Å². The second kappa shape index (κ2) is 7.91. The zero-order chi connectivity index (χ0) is 15.9. The van der Waals surface area contributed by atoms with Crippen LogP contribution in [0.2, 0.25) is 5.02 Å². The van der Waals surface area contributed by atoms with Crippen molar-refractivity contribution in [3.05, 3.63) is 40.4 Å². The van der Waals surface area contributed by atoms with E-state index in [9.17, 15) is 9.59 Å². The molecule has 116 valence electrons. The Morgan fingerprint density at radius 2 is 2.09 bits per heavy atom. The molecule has 0 aliphatic heterocycles. The van der Waals surface area contributed by atoms with E-state index in [1.54, 1.807) is 6.07 Å². The number of halogens is 1. The van der Waals surface area contributed by atoms with Gasteiger partial charge in [-0.2, -0.15) is 0 Å². The molecule has 1 aromatic carbocycles. The summed E-state index contributed by atoms with van der Waals surface area (Å²) in [7, 11) is 0. The van der Waals surface area contributed by atoms with Crippen molar-refractivity contribution in [2.75, 3.05) is 6.54 Å². The molecule has 0 aliphatic carbocycles. The predicted octanol–water partition coefficient (Wildman–Crippen LogP) is 2.99. The quantitative estimate of drug-likeness (QED) is 0.761. The van der Waals surface area contributed by atoms with Crippen molar-refractivity contribution < 1.29 is 14.7 Å². The number of carboxylic acid groups (broad SMARTS) is 1. The maximum Gasteiger partial charge on any atom is 0.303 e. The summed E-state index contributed by atoms with van der Waals surface area (Å²) in [5.74, 6) is -1.03. The van der Waals surface area contributed by atoms with Gasteiger partial charge in [-0.15, -0.1) is 11.3 Å². The van der Waals surface area contributed by atoms with Gasteiger partial charge in [0.1, 0.15) is 5.01 Å². The van der Waals surface area contributed by atoms with Gasteiger partial charge in [-0.05, 0) is 12.5 Å². The number of carbonyl (C=O) groups is 2. The van der Waals surface area contributed by atoms with Gasteiger partial charge in [-0.3, -0.25) is 9.59 Å². The molecule has 0 saturated heterocycles. The van der Waals surface area contributed by atoms with E-state index >= 15 is 0 Å². The molecule has 7 heteroatoms. The van der Waals surface area contributed by atoms with Crippen molar-refractivity contribution in [2.24, 2.45) is 0 Å². The monoisotopic (exact) mass is 338 g/mol. The first-order valence-electron chi connectivity index (χ1n) is 6.74. The highest BCUT2D eigenvalue weighted by molar-refractivity contribution is 7.13. The number of benzene rings is 1. The lowest BCUT2D eigenvalue weighted by Gasteiger charge is -2.02. The fourth-order valence-corrected chi connectivity index (χ4v) is 2.98. The lowest BCUT2D eigenvalue weighted by molar-refractivity contribution is -0.137. The van der Waals surface area contributed by atoms with Crippen LogP contribution in [0.3, 0.4) is 0 Å². The number of hydrogen-bond donors (Lipinski definition) is 2. The van der Waals surface area contributed by atoms with E-state index in [4.69, 9.17) is 16.7 Å². The van der Waals surface area contributed by atoms with Crippen LogP contribution < -0.4 is 5.32 Å². The van der Waals surface area contributed by atoms with Crippen molar-refractivity contribution in [1.29, 1.82) is 0 Å². The summed E-state index contributed by atoms with van der Waals surface area (Å²) >= 11 is 7.56. The van der Waals surface area contributed by atoms with Crippen molar-refractivity contribution in [3.8, 4) is 10.6 Å². The van der Waals surface area contributed by atoms with Crippen LogP contribution in [0.5, 0.6) is 0 Å². The van der Waals surface area contributed by atoms with Crippen LogP contribution in [0, 0.1) is 0 Å². The van der Waals surface area contributed by atoms with E-state index < -0.39 is 5.97 Å². The van der Waals surface area contributed by atoms with Crippen molar-refractivity contribution in [1.82, 2.24) is 10.3 Å². The molecule has 0 saturated carbocycles. The first-order chi connectivity index (χ1) is 10.6. The van der Waals surface area contributed by atoms with Crippen molar-refractivity contribution in [2.45, 2.75) is 19.3 Å². The predicted molar refractivity (Wildman–Crippen MR) is 86.1 cm³/mol. The van der Waals surface area contributed by atoms with Crippen LogP contribution in [0.25, 0.3) is 10.6 Å². The van der Waals surface area contributed by atoms with E-state index in [0.29, 0.717) is 23.7 Å². The number of nitrogens with one attached hydrogen (secondary N) is 1. The summed E-state index contributed by atoms with van der Waals surface area (Å²) in [6.07, 6.45) is 0.644. The average Bonchev–Trinajstić information content (AvgIpc) is 2.92. The summed E-state index contributed by atoms with van der Waals surface area (Å²) < 4.78 is 0. The van der Waals surface area contributed by atoms with Gasteiger partial charge in [0, 0.05) is 23.9 Å². The Labute approximate surface area is 137 Å².